The number of fused-ring (bicyclic) bond motifs is 3. The lowest BCUT2D eigenvalue weighted by atomic mass is 9.84. The minimum absolute atomic E-state index is 0.0944. The molecule has 4 aromatic carbocycles. The van der Waals surface area contributed by atoms with E-state index < -0.39 is 16.2 Å². The number of hydrogen-bond donors (Lipinski definition) is 0. The maximum absolute atomic E-state index is 6.92. The second-order valence-electron chi connectivity index (χ2n) is 13.5. The first-order chi connectivity index (χ1) is 21.2. The Kier molecular flexibility index (Phi) is 9.39. The molecule has 2 unspecified atom stereocenters. The van der Waals surface area contributed by atoms with Gasteiger partial charge in [-0.3, -0.25) is 4.52 Å². The first-order valence-electron chi connectivity index (χ1n) is 16.2. The lowest BCUT2D eigenvalue weighted by molar-refractivity contribution is 0.431. The van der Waals surface area contributed by atoms with Gasteiger partial charge in [0.25, 0.3) is 0 Å². The first kappa shape index (κ1) is 31.2. The highest BCUT2D eigenvalue weighted by molar-refractivity contribution is 7.59. The van der Waals surface area contributed by atoms with Crippen molar-refractivity contribution in [3.63, 3.8) is 0 Å². The van der Waals surface area contributed by atoms with Gasteiger partial charge in [0.05, 0.1) is 6.35 Å². The topological polar surface area (TPSA) is 35.5 Å². The van der Waals surface area contributed by atoms with E-state index in [0.29, 0.717) is 17.7 Å². The summed E-state index contributed by atoms with van der Waals surface area (Å²) in [7, 11) is -2.18. The van der Waals surface area contributed by atoms with Crippen LogP contribution in [0.5, 0.6) is 0 Å². The van der Waals surface area contributed by atoms with Crippen molar-refractivity contribution >= 4 is 38.1 Å². The summed E-state index contributed by atoms with van der Waals surface area (Å²) in [5.41, 5.74) is 10.5. The molecule has 0 saturated carbocycles. The molecule has 230 valence electrons. The quantitative estimate of drug-likeness (QED) is 0.161. The van der Waals surface area contributed by atoms with E-state index in [-0.39, 0.29) is 5.41 Å². The molecule has 44 heavy (non-hydrogen) atoms. The fourth-order valence-electron chi connectivity index (χ4n) is 6.78. The van der Waals surface area contributed by atoms with Crippen LogP contribution >= 0.6 is 16.2 Å². The van der Waals surface area contributed by atoms with E-state index in [4.69, 9.17) is 12.9 Å². The minimum Gasteiger partial charge on any atom is -0.399 e. The van der Waals surface area contributed by atoms with Crippen LogP contribution in [0.4, 0.5) is 0 Å². The Balaban J connectivity index is 1.50. The fraction of sp³-hybridized carbons (Fsp3) is 0.385. The van der Waals surface area contributed by atoms with E-state index in [1.807, 2.05) is 0 Å². The van der Waals surface area contributed by atoms with E-state index in [9.17, 15) is 0 Å². The van der Waals surface area contributed by atoms with Crippen LogP contribution < -0.4 is 4.52 Å². The molecule has 1 aliphatic heterocycles. The molecule has 1 aromatic heterocycles. The van der Waals surface area contributed by atoms with Crippen LogP contribution in [0.15, 0.2) is 93.3 Å². The summed E-state index contributed by atoms with van der Waals surface area (Å²) in [5.74, 6) is 0. The molecule has 0 spiro atoms. The van der Waals surface area contributed by atoms with Crippen LogP contribution in [0, 0.1) is 13.8 Å². The number of rotatable bonds is 8. The molecule has 2 heterocycles. The molecule has 3 nitrogen and oxygen atoms in total. The van der Waals surface area contributed by atoms with Gasteiger partial charge < -0.3 is 8.39 Å². The Morgan fingerprint density at radius 3 is 1.86 bits per heavy atom. The standard InChI is InChI=1S/C39H46O3P2/c1-7-8-15-31-22-27(2)23-32-33-24-28(3)25-34(39(4,5)6)38(33)42-44(41-37(31)32)40-26-43-35(29-16-11-9-12-17-29)20-21-36(43)30-18-13-10-14-19-30/h9-14,16-19,22-25,35-36H,7-8,15,20-21,26H2,1-6H3/t35-,36+,43?,44?. The average Bonchev–Trinajstić information content (AvgIpc) is 3.37. The van der Waals surface area contributed by atoms with Gasteiger partial charge in [-0.25, -0.2) is 0 Å². The van der Waals surface area contributed by atoms with Crippen molar-refractivity contribution in [3.8, 4) is 0 Å². The van der Waals surface area contributed by atoms with Crippen molar-refractivity contribution < 1.29 is 12.9 Å². The van der Waals surface area contributed by atoms with Crippen molar-refractivity contribution in [2.75, 3.05) is 6.35 Å². The summed E-state index contributed by atoms with van der Waals surface area (Å²) in [6.07, 6.45) is 6.25. The Morgan fingerprint density at radius 1 is 0.750 bits per heavy atom. The van der Waals surface area contributed by atoms with E-state index >= 15 is 0 Å². The van der Waals surface area contributed by atoms with E-state index in [2.05, 4.69) is 126 Å². The largest absolute Gasteiger partial charge is 0.399 e. The lowest BCUT2D eigenvalue weighted by Gasteiger charge is -2.25. The van der Waals surface area contributed by atoms with Crippen LogP contribution in [0.3, 0.4) is 0 Å². The molecule has 1 fully saturated rings. The van der Waals surface area contributed by atoms with Gasteiger partial charge in [0.2, 0.25) is 0 Å². The van der Waals surface area contributed by atoms with Crippen molar-refractivity contribution in [2.24, 2.45) is 0 Å². The number of aryl methyl sites for hydroxylation is 3. The van der Waals surface area contributed by atoms with Crippen molar-refractivity contribution in [2.45, 2.75) is 90.4 Å². The Morgan fingerprint density at radius 2 is 1.30 bits per heavy atom. The highest BCUT2D eigenvalue weighted by Crippen LogP contribution is 2.70. The molecule has 0 aliphatic carbocycles. The third kappa shape index (κ3) is 6.57. The van der Waals surface area contributed by atoms with Crippen LogP contribution in [-0.4, -0.2) is 6.35 Å². The fourth-order valence-corrected chi connectivity index (χ4v) is 11.4. The van der Waals surface area contributed by atoms with Crippen LogP contribution in [0.2, 0.25) is 0 Å². The highest BCUT2D eigenvalue weighted by atomic mass is 31.1. The predicted octanol–water partition coefficient (Wildman–Crippen LogP) is 12.7. The zero-order valence-corrected chi connectivity index (χ0v) is 28.9. The Labute approximate surface area is 265 Å². The lowest BCUT2D eigenvalue weighted by Crippen LogP contribution is -2.11. The molecule has 0 bridgehead atoms. The number of hydrogen-bond acceptors (Lipinski definition) is 3. The molecule has 4 atom stereocenters. The van der Waals surface area contributed by atoms with Crippen LogP contribution in [-0.2, 0) is 11.8 Å². The summed E-state index contributed by atoms with van der Waals surface area (Å²) in [6.45, 7) is 13.4. The van der Waals surface area contributed by atoms with E-state index in [1.165, 1.54) is 46.2 Å². The van der Waals surface area contributed by atoms with Crippen molar-refractivity contribution in [1.29, 1.82) is 0 Å². The normalized spacial score (nSPS) is 19.1. The molecule has 6 rings (SSSR count). The second kappa shape index (κ2) is 13.3. The highest BCUT2D eigenvalue weighted by Gasteiger charge is 2.38. The zero-order valence-electron chi connectivity index (χ0n) is 27.1. The van der Waals surface area contributed by atoms with Gasteiger partial charge >= 0.3 is 8.24 Å². The van der Waals surface area contributed by atoms with E-state index in [0.717, 1.165) is 41.2 Å². The molecular formula is C39H46O3P2. The maximum atomic E-state index is 6.92. The predicted molar refractivity (Wildman–Crippen MR) is 189 cm³/mol. The average molecular weight is 625 g/mol. The summed E-state index contributed by atoms with van der Waals surface area (Å²) in [5, 5.41) is 2.25. The first-order valence-corrected chi connectivity index (χ1v) is 18.9. The van der Waals surface area contributed by atoms with Crippen molar-refractivity contribution in [3.05, 3.63) is 118 Å². The Bertz CT molecular complexity index is 1720. The Hall–Kier alpha value is -2.83. The van der Waals surface area contributed by atoms with Crippen molar-refractivity contribution in [1.82, 2.24) is 0 Å². The number of benzene rings is 4. The summed E-state index contributed by atoms with van der Waals surface area (Å²) >= 11 is 0. The van der Waals surface area contributed by atoms with Crippen LogP contribution in [0.25, 0.3) is 21.9 Å². The molecule has 0 radical (unpaired) electrons. The van der Waals surface area contributed by atoms with Crippen LogP contribution in [0.1, 0.15) is 98.1 Å². The van der Waals surface area contributed by atoms with Gasteiger partial charge in [0.15, 0.2) is 0 Å². The molecule has 5 aromatic rings. The monoisotopic (exact) mass is 624 g/mol. The molecular weight excluding hydrogens is 578 g/mol. The SMILES string of the molecule is CCCCc1cc(C)cc2c1op(OCP1[C@@H](c3ccccc3)CC[C@H]1c1ccccc1)oc1c(C(C)(C)C)cc(C)cc12. The third-order valence-electron chi connectivity index (χ3n) is 8.97. The molecule has 1 saturated heterocycles. The molecule has 5 heteroatoms. The molecule has 1 aliphatic rings. The van der Waals surface area contributed by atoms with Gasteiger partial charge in [0.1, 0.15) is 11.2 Å². The second-order valence-corrected chi connectivity index (χ2v) is 17.1. The number of unbranched alkanes of at least 4 members (excludes halogenated alkanes) is 1. The smallest absolute Gasteiger partial charge is 0.387 e. The third-order valence-corrected chi connectivity index (χ3v) is 13.3. The van der Waals surface area contributed by atoms with Gasteiger partial charge in [-0.1, -0.05) is 115 Å². The maximum Gasteiger partial charge on any atom is 0.387 e. The molecule has 0 amide bonds. The minimum atomic E-state index is -1.66. The van der Waals surface area contributed by atoms with Gasteiger partial charge in [-0.2, -0.15) is 0 Å². The summed E-state index contributed by atoms with van der Waals surface area (Å²) < 4.78 is 20.7. The van der Waals surface area contributed by atoms with E-state index in [1.54, 1.807) is 0 Å². The summed E-state index contributed by atoms with van der Waals surface area (Å²) in [4.78, 5) is 0. The van der Waals surface area contributed by atoms with Gasteiger partial charge in [-0.05, 0) is 84.9 Å². The summed E-state index contributed by atoms with van der Waals surface area (Å²) in [6, 6.07) is 31.2. The zero-order chi connectivity index (χ0) is 30.8. The molecule has 0 N–H and O–H groups in total. The van der Waals surface area contributed by atoms with Gasteiger partial charge in [-0.15, -0.1) is 0 Å². The van der Waals surface area contributed by atoms with Gasteiger partial charge in [0, 0.05) is 27.7 Å².